The Balaban J connectivity index is 1.08. The lowest BCUT2D eigenvalue weighted by atomic mass is 9.97. The Morgan fingerprint density at radius 1 is 0.300 bits per heavy atom. The van der Waals surface area contributed by atoms with Crippen LogP contribution in [0.3, 0.4) is 0 Å². The number of benzene rings is 8. The molecule has 0 aliphatic carbocycles. The molecule has 0 atom stereocenters. The summed E-state index contributed by atoms with van der Waals surface area (Å²) in [5, 5.41) is 5.16. The lowest BCUT2D eigenvalue weighted by molar-refractivity contribution is 1.18. The van der Waals surface area contributed by atoms with Gasteiger partial charge in [-0.25, -0.2) is 0 Å². The fourth-order valence-corrected chi connectivity index (χ4v) is 8.67. The first-order valence-electron chi connectivity index (χ1n) is 17.1. The van der Waals surface area contributed by atoms with Crippen LogP contribution in [0.4, 0.5) is 0 Å². The van der Waals surface area contributed by atoms with Gasteiger partial charge in [0.15, 0.2) is 0 Å². The first-order chi connectivity index (χ1) is 24.8. The molecule has 10 aromatic rings. The van der Waals surface area contributed by atoms with Gasteiger partial charge in [0.2, 0.25) is 0 Å². The average molecular weight is 654 g/mol. The standard InChI is InChI=1S/C48H31NS/c1-2-11-32(12-3-1)33-21-23-34(24-22-33)36-25-27-46-42(30-36)40-16-5-8-19-45(40)49(46)44-18-7-4-15-39(44)38-14-10-13-35(29-38)37-26-28-48-43(31-37)41-17-6-9-20-47(41)50-48/h1-31H. The van der Waals surface area contributed by atoms with E-state index in [0.717, 1.165) is 0 Å². The number of para-hydroxylation sites is 2. The van der Waals surface area contributed by atoms with Crippen LogP contribution in [0.25, 0.3) is 92.2 Å². The third-order valence-electron chi connectivity index (χ3n) is 10.0. The minimum Gasteiger partial charge on any atom is -0.309 e. The summed E-state index contributed by atoms with van der Waals surface area (Å²) in [4.78, 5) is 0. The third-order valence-corrected chi connectivity index (χ3v) is 11.2. The number of fused-ring (bicyclic) bond motifs is 6. The molecule has 0 aliphatic rings. The van der Waals surface area contributed by atoms with E-state index in [1.807, 2.05) is 11.3 Å². The molecule has 0 saturated carbocycles. The Bertz CT molecular complexity index is 2850. The van der Waals surface area contributed by atoms with Crippen LogP contribution in [0.2, 0.25) is 0 Å². The summed E-state index contributed by atoms with van der Waals surface area (Å²) in [6.07, 6.45) is 0. The molecule has 0 bridgehead atoms. The zero-order chi connectivity index (χ0) is 33.0. The summed E-state index contributed by atoms with van der Waals surface area (Å²) >= 11 is 1.86. The Kier molecular flexibility index (Phi) is 6.75. The van der Waals surface area contributed by atoms with E-state index in [2.05, 4.69) is 193 Å². The number of hydrogen-bond acceptors (Lipinski definition) is 1. The normalized spacial score (nSPS) is 11.6. The molecule has 0 unspecified atom stereocenters. The maximum atomic E-state index is 2.44. The Labute approximate surface area is 295 Å². The summed E-state index contributed by atoms with van der Waals surface area (Å²) in [6, 6.07) is 68.7. The average Bonchev–Trinajstić information content (AvgIpc) is 3.73. The number of thiophene rings is 1. The quantitative estimate of drug-likeness (QED) is 0.174. The van der Waals surface area contributed by atoms with Crippen molar-refractivity contribution >= 4 is 53.3 Å². The van der Waals surface area contributed by atoms with Crippen LogP contribution in [0.15, 0.2) is 188 Å². The van der Waals surface area contributed by atoms with Gasteiger partial charge in [0.25, 0.3) is 0 Å². The molecule has 8 aromatic carbocycles. The van der Waals surface area contributed by atoms with Gasteiger partial charge in [0.05, 0.1) is 16.7 Å². The van der Waals surface area contributed by atoms with Gasteiger partial charge in [-0.05, 0) is 87.5 Å². The van der Waals surface area contributed by atoms with E-state index in [-0.39, 0.29) is 0 Å². The third kappa shape index (κ3) is 4.76. The van der Waals surface area contributed by atoms with Crippen LogP contribution < -0.4 is 0 Å². The van der Waals surface area contributed by atoms with Gasteiger partial charge in [0.1, 0.15) is 0 Å². The van der Waals surface area contributed by atoms with Gasteiger partial charge < -0.3 is 4.57 Å². The van der Waals surface area contributed by atoms with Crippen molar-refractivity contribution in [1.82, 2.24) is 4.57 Å². The lowest BCUT2D eigenvalue weighted by Gasteiger charge is -2.15. The smallest absolute Gasteiger partial charge is 0.0541 e. The van der Waals surface area contributed by atoms with E-state index in [0.29, 0.717) is 0 Å². The zero-order valence-corrected chi connectivity index (χ0v) is 28.1. The summed E-state index contributed by atoms with van der Waals surface area (Å²) in [6.45, 7) is 0. The first kappa shape index (κ1) is 28.8. The summed E-state index contributed by atoms with van der Waals surface area (Å²) in [7, 11) is 0. The molecular formula is C48H31NS. The van der Waals surface area contributed by atoms with Crippen molar-refractivity contribution in [3.05, 3.63) is 188 Å². The Hall–Kier alpha value is -6.22. The second-order valence-electron chi connectivity index (χ2n) is 12.9. The van der Waals surface area contributed by atoms with Crippen LogP contribution in [-0.2, 0) is 0 Å². The van der Waals surface area contributed by atoms with Crippen LogP contribution in [0.5, 0.6) is 0 Å². The van der Waals surface area contributed by atoms with Crippen molar-refractivity contribution in [3.8, 4) is 50.2 Å². The topological polar surface area (TPSA) is 4.93 Å². The van der Waals surface area contributed by atoms with Crippen LogP contribution in [0, 0.1) is 0 Å². The van der Waals surface area contributed by atoms with Gasteiger partial charge in [-0.1, -0.05) is 140 Å². The summed E-state index contributed by atoms with van der Waals surface area (Å²) in [5.41, 5.74) is 13.4. The van der Waals surface area contributed by atoms with Crippen LogP contribution >= 0.6 is 11.3 Å². The highest BCUT2D eigenvalue weighted by Gasteiger charge is 2.17. The number of aromatic nitrogens is 1. The van der Waals surface area contributed by atoms with E-state index in [1.54, 1.807) is 0 Å². The molecule has 10 rings (SSSR count). The predicted molar refractivity (Wildman–Crippen MR) is 215 cm³/mol. The summed E-state index contributed by atoms with van der Waals surface area (Å²) in [5.74, 6) is 0. The number of rotatable bonds is 5. The van der Waals surface area contributed by atoms with E-state index in [4.69, 9.17) is 0 Å². The highest BCUT2D eigenvalue weighted by atomic mass is 32.1. The van der Waals surface area contributed by atoms with E-state index >= 15 is 0 Å². The Morgan fingerprint density at radius 2 is 0.840 bits per heavy atom. The largest absolute Gasteiger partial charge is 0.309 e. The van der Waals surface area contributed by atoms with Crippen LogP contribution in [-0.4, -0.2) is 4.57 Å². The molecule has 2 aromatic heterocycles. The molecule has 2 heteroatoms. The maximum Gasteiger partial charge on any atom is 0.0541 e. The van der Waals surface area contributed by atoms with Crippen molar-refractivity contribution in [2.45, 2.75) is 0 Å². The zero-order valence-electron chi connectivity index (χ0n) is 27.3. The summed E-state index contributed by atoms with van der Waals surface area (Å²) < 4.78 is 5.11. The van der Waals surface area contributed by atoms with Crippen molar-refractivity contribution in [3.63, 3.8) is 0 Å². The van der Waals surface area contributed by atoms with Crippen molar-refractivity contribution in [2.75, 3.05) is 0 Å². The molecular weight excluding hydrogens is 623 g/mol. The fraction of sp³-hybridized carbons (Fsp3) is 0. The van der Waals surface area contributed by atoms with Gasteiger partial charge in [-0.2, -0.15) is 0 Å². The maximum absolute atomic E-state index is 2.44. The highest BCUT2D eigenvalue weighted by molar-refractivity contribution is 7.25. The highest BCUT2D eigenvalue weighted by Crippen LogP contribution is 2.40. The number of nitrogens with zero attached hydrogens (tertiary/aromatic N) is 1. The predicted octanol–water partition coefficient (Wildman–Crippen LogP) is 13.8. The van der Waals surface area contributed by atoms with Gasteiger partial charge >= 0.3 is 0 Å². The fourth-order valence-electron chi connectivity index (χ4n) is 7.58. The van der Waals surface area contributed by atoms with Gasteiger partial charge in [-0.15, -0.1) is 11.3 Å². The molecule has 0 fully saturated rings. The van der Waals surface area contributed by atoms with Gasteiger partial charge in [0, 0.05) is 36.5 Å². The van der Waals surface area contributed by atoms with E-state index in [9.17, 15) is 0 Å². The van der Waals surface area contributed by atoms with E-state index in [1.165, 1.54) is 92.2 Å². The molecule has 0 spiro atoms. The van der Waals surface area contributed by atoms with Crippen LogP contribution in [0.1, 0.15) is 0 Å². The Morgan fingerprint density at radius 3 is 1.72 bits per heavy atom. The van der Waals surface area contributed by atoms with Gasteiger partial charge in [-0.3, -0.25) is 0 Å². The van der Waals surface area contributed by atoms with Crippen molar-refractivity contribution in [1.29, 1.82) is 0 Å². The van der Waals surface area contributed by atoms with Crippen molar-refractivity contribution < 1.29 is 0 Å². The second kappa shape index (κ2) is 11.7. The molecule has 1 nitrogen and oxygen atoms in total. The second-order valence-corrected chi connectivity index (χ2v) is 14.0. The van der Waals surface area contributed by atoms with Crippen molar-refractivity contribution in [2.24, 2.45) is 0 Å². The molecule has 0 amide bonds. The number of hydrogen-bond donors (Lipinski definition) is 0. The lowest BCUT2D eigenvalue weighted by Crippen LogP contribution is -1.97. The first-order valence-corrected chi connectivity index (χ1v) is 17.9. The molecule has 234 valence electrons. The molecule has 0 radical (unpaired) electrons. The molecule has 0 saturated heterocycles. The minimum atomic E-state index is 1.18. The molecule has 0 aliphatic heterocycles. The minimum absolute atomic E-state index is 1.18. The molecule has 0 N–H and O–H groups in total. The molecule has 2 heterocycles. The monoisotopic (exact) mass is 653 g/mol. The SMILES string of the molecule is c1ccc(-c2ccc(-c3ccc4c(c3)c3ccccc3n4-c3ccccc3-c3cccc(-c4ccc5sc6ccccc6c5c4)c3)cc2)cc1. The molecule has 50 heavy (non-hydrogen) atoms. The van der Waals surface area contributed by atoms with E-state index < -0.39 is 0 Å².